The molecule has 1 fully saturated rings. The number of benzene rings is 1. The zero-order valence-electron chi connectivity index (χ0n) is 13.5. The maximum atomic E-state index is 13.1. The van der Waals surface area contributed by atoms with Crippen molar-refractivity contribution in [3.05, 3.63) is 52.3 Å². The molecule has 1 aliphatic rings. The maximum absolute atomic E-state index is 13.1. The smallest absolute Gasteiger partial charge is 0.268 e. The highest BCUT2D eigenvalue weighted by Gasteiger charge is 2.19. The lowest BCUT2D eigenvalue weighted by Crippen LogP contribution is -2.38. The molecule has 0 bridgehead atoms. The molecule has 1 unspecified atom stereocenters. The molecule has 1 saturated heterocycles. The number of aliphatic hydroxyl groups excluding tert-OH is 1. The number of hydrogen-bond acceptors (Lipinski definition) is 5. The van der Waals surface area contributed by atoms with Crippen LogP contribution in [-0.2, 0) is 6.54 Å². The van der Waals surface area contributed by atoms with Crippen molar-refractivity contribution < 1.29 is 9.50 Å². The van der Waals surface area contributed by atoms with Crippen LogP contribution in [0.1, 0.15) is 18.7 Å². The highest BCUT2D eigenvalue weighted by Crippen LogP contribution is 2.31. The third-order valence-electron chi connectivity index (χ3n) is 4.41. The number of hydrogen-bond donors (Lipinski definition) is 2. The Morgan fingerprint density at radius 3 is 2.92 bits per heavy atom. The van der Waals surface area contributed by atoms with Crippen LogP contribution in [0.2, 0.25) is 0 Å². The summed E-state index contributed by atoms with van der Waals surface area (Å²) in [6.45, 7) is 2.01. The van der Waals surface area contributed by atoms with Gasteiger partial charge >= 0.3 is 0 Å². The first-order valence-electron chi connectivity index (χ1n) is 8.27. The van der Waals surface area contributed by atoms with Crippen molar-refractivity contribution in [2.75, 3.05) is 13.1 Å². The van der Waals surface area contributed by atoms with E-state index >= 15 is 0 Å². The van der Waals surface area contributed by atoms with Crippen LogP contribution in [0.25, 0.3) is 20.7 Å². The highest BCUT2D eigenvalue weighted by atomic mass is 32.1. The summed E-state index contributed by atoms with van der Waals surface area (Å²) in [5, 5.41) is 9.77. The summed E-state index contributed by atoms with van der Waals surface area (Å²) in [4.78, 5) is 22.8. The van der Waals surface area contributed by atoms with Gasteiger partial charge in [0.05, 0.1) is 18.2 Å². The Labute approximate surface area is 147 Å². The molecule has 0 aliphatic carbocycles. The number of H-pyrrole nitrogens is 1. The van der Waals surface area contributed by atoms with Gasteiger partial charge in [-0.1, -0.05) is 12.1 Å². The quantitative estimate of drug-likeness (QED) is 0.754. The zero-order chi connectivity index (χ0) is 17.4. The van der Waals surface area contributed by atoms with E-state index in [1.54, 1.807) is 12.1 Å². The summed E-state index contributed by atoms with van der Waals surface area (Å²) in [7, 11) is 0. The minimum atomic E-state index is -0.310. The fourth-order valence-electron chi connectivity index (χ4n) is 3.21. The van der Waals surface area contributed by atoms with Crippen molar-refractivity contribution in [1.82, 2.24) is 14.9 Å². The van der Waals surface area contributed by atoms with Crippen LogP contribution in [0, 0.1) is 5.82 Å². The summed E-state index contributed by atoms with van der Waals surface area (Å²) in [6, 6.07) is 8.08. The predicted molar refractivity (Wildman–Crippen MR) is 96.2 cm³/mol. The van der Waals surface area contributed by atoms with Gasteiger partial charge < -0.3 is 10.1 Å². The molecule has 2 N–H and O–H groups in total. The monoisotopic (exact) mass is 359 g/mol. The van der Waals surface area contributed by atoms with Gasteiger partial charge in [-0.05, 0) is 43.1 Å². The molecular weight excluding hydrogens is 341 g/mol. The fourth-order valence-corrected chi connectivity index (χ4v) is 4.20. The number of likely N-dealkylation sites (tertiary alicyclic amines) is 1. The molecule has 5 nitrogen and oxygen atoms in total. The van der Waals surface area contributed by atoms with Crippen LogP contribution >= 0.6 is 11.3 Å². The molecule has 4 rings (SSSR count). The molecular formula is C18H18FN3O2S. The van der Waals surface area contributed by atoms with Gasteiger partial charge in [0, 0.05) is 11.4 Å². The third-order valence-corrected chi connectivity index (χ3v) is 5.59. The SMILES string of the molecule is O=c1[nH]c(CN2CCCC(O)C2)nc2cc(-c3ccc(F)cc3)sc12. The number of aromatic nitrogens is 2. The Bertz CT molecular complexity index is 951. The largest absolute Gasteiger partial charge is 0.392 e. The fraction of sp³-hybridized carbons (Fsp3) is 0.333. The number of nitrogens with one attached hydrogen (secondary N) is 1. The highest BCUT2D eigenvalue weighted by molar-refractivity contribution is 7.22. The Morgan fingerprint density at radius 2 is 2.16 bits per heavy atom. The van der Waals surface area contributed by atoms with E-state index in [-0.39, 0.29) is 17.5 Å². The molecule has 0 radical (unpaired) electrons. The second-order valence-electron chi connectivity index (χ2n) is 6.38. The Morgan fingerprint density at radius 1 is 1.36 bits per heavy atom. The van der Waals surface area contributed by atoms with Crippen molar-refractivity contribution in [3.8, 4) is 10.4 Å². The van der Waals surface area contributed by atoms with Crippen LogP contribution < -0.4 is 5.56 Å². The number of nitrogens with zero attached hydrogens (tertiary/aromatic N) is 2. The van der Waals surface area contributed by atoms with Crippen molar-refractivity contribution >= 4 is 21.6 Å². The van der Waals surface area contributed by atoms with Crippen molar-refractivity contribution in [2.45, 2.75) is 25.5 Å². The Hall–Kier alpha value is -2.09. The Balaban J connectivity index is 1.65. The van der Waals surface area contributed by atoms with E-state index < -0.39 is 0 Å². The van der Waals surface area contributed by atoms with E-state index in [9.17, 15) is 14.3 Å². The van der Waals surface area contributed by atoms with Crippen molar-refractivity contribution in [3.63, 3.8) is 0 Å². The van der Waals surface area contributed by atoms with E-state index in [2.05, 4.69) is 14.9 Å². The summed E-state index contributed by atoms with van der Waals surface area (Å²) >= 11 is 1.36. The van der Waals surface area contributed by atoms with E-state index in [0.717, 1.165) is 29.8 Å². The number of aliphatic hydroxyl groups is 1. The van der Waals surface area contributed by atoms with Crippen LogP contribution in [0.3, 0.4) is 0 Å². The van der Waals surface area contributed by atoms with E-state index in [0.29, 0.717) is 29.1 Å². The predicted octanol–water partition coefficient (Wildman–Crippen LogP) is 2.75. The number of thiophene rings is 1. The van der Waals surface area contributed by atoms with Gasteiger partial charge in [0.2, 0.25) is 0 Å². The molecule has 7 heteroatoms. The van der Waals surface area contributed by atoms with Gasteiger partial charge in [-0.15, -0.1) is 11.3 Å². The first-order chi connectivity index (χ1) is 12.1. The average Bonchev–Trinajstić information content (AvgIpc) is 3.00. The van der Waals surface area contributed by atoms with Crippen LogP contribution in [0.5, 0.6) is 0 Å². The normalized spacial score (nSPS) is 18.7. The summed E-state index contributed by atoms with van der Waals surface area (Å²) in [5.74, 6) is 0.321. The summed E-state index contributed by atoms with van der Waals surface area (Å²) < 4.78 is 13.7. The minimum Gasteiger partial charge on any atom is -0.392 e. The molecule has 0 amide bonds. The number of piperidine rings is 1. The summed E-state index contributed by atoms with van der Waals surface area (Å²) in [5.41, 5.74) is 1.36. The zero-order valence-corrected chi connectivity index (χ0v) is 14.4. The molecule has 2 aromatic heterocycles. The molecule has 130 valence electrons. The van der Waals surface area contributed by atoms with Crippen LogP contribution in [-0.4, -0.2) is 39.2 Å². The van der Waals surface area contributed by atoms with Gasteiger partial charge in [-0.25, -0.2) is 9.37 Å². The standard InChI is InChI=1S/C18H18FN3O2S/c19-12-5-3-11(4-6-12)15-8-14-17(25-15)18(24)21-16(20-14)10-22-7-1-2-13(23)9-22/h3-6,8,13,23H,1-2,7,9-10H2,(H,20,21,24). The molecule has 1 aromatic carbocycles. The topological polar surface area (TPSA) is 69.2 Å². The molecule has 25 heavy (non-hydrogen) atoms. The number of halogens is 1. The van der Waals surface area contributed by atoms with Gasteiger partial charge in [-0.2, -0.15) is 0 Å². The minimum absolute atomic E-state index is 0.157. The first-order valence-corrected chi connectivity index (χ1v) is 9.09. The van der Waals surface area contributed by atoms with E-state index in [4.69, 9.17) is 0 Å². The van der Waals surface area contributed by atoms with Gasteiger partial charge in [-0.3, -0.25) is 9.69 Å². The van der Waals surface area contributed by atoms with Crippen molar-refractivity contribution in [2.24, 2.45) is 0 Å². The Kier molecular flexibility index (Phi) is 4.37. The van der Waals surface area contributed by atoms with Gasteiger partial charge in [0.25, 0.3) is 5.56 Å². The second kappa shape index (κ2) is 6.67. The maximum Gasteiger partial charge on any atom is 0.268 e. The molecule has 0 saturated carbocycles. The summed E-state index contributed by atoms with van der Waals surface area (Å²) in [6.07, 6.45) is 1.46. The molecule has 1 atom stereocenters. The molecule has 1 aliphatic heterocycles. The van der Waals surface area contributed by atoms with Gasteiger partial charge in [0.1, 0.15) is 16.3 Å². The third kappa shape index (κ3) is 3.49. The van der Waals surface area contributed by atoms with Crippen molar-refractivity contribution in [1.29, 1.82) is 0 Å². The van der Waals surface area contributed by atoms with Crippen LogP contribution in [0.4, 0.5) is 4.39 Å². The lowest BCUT2D eigenvalue weighted by atomic mass is 10.1. The number of aromatic amines is 1. The second-order valence-corrected chi connectivity index (χ2v) is 7.43. The van der Waals surface area contributed by atoms with E-state index in [1.807, 2.05) is 6.07 Å². The first kappa shape index (κ1) is 16.4. The number of rotatable bonds is 3. The lowest BCUT2D eigenvalue weighted by Gasteiger charge is -2.29. The van der Waals surface area contributed by atoms with E-state index in [1.165, 1.54) is 23.5 Å². The van der Waals surface area contributed by atoms with Crippen LogP contribution in [0.15, 0.2) is 35.1 Å². The number of fused-ring (bicyclic) bond motifs is 1. The molecule has 3 heterocycles. The van der Waals surface area contributed by atoms with Gasteiger partial charge in [0.15, 0.2) is 0 Å². The molecule has 3 aromatic rings. The number of β-amino-alcohol motifs (C(OH)–C–C–N with tert-alkyl or cyclic N) is 1. The molecule has 0 spiro atoms. The lowest BCUT2D eigenvalue weighted by molar-refractivity contribution is 0.0655. The average molecular weight is 359 g/mol.